The van der Waals surface area contributed by atoms with Crippen LogP contribution in [0.2, 0.25) is 0 Å². The summed E-state index contributed by atoms with van der Waals surface area (Å²) in [6, 6.07) is 22.2. The number of amides is 2. The zero-order valence-corrected chi connectivity index (χ0v) is 17.0. The zero-order chi connectivity index (χ0) is 20.5. The molecule has 2 aliphatic rings. The average molecular weight is 399 g/mol. The maximum Gasteiger partial charge on any atom is 0.258 e. The Morgan fingerprint density at radius 2 is 1.57 bits per heavy atom. The van der Waals surface area contributed by atoms with Crippen molar-refractivity contribution >= 4 is 34.0 Å². The van der Waals surface area contributed by atoms with Crippen LogP contribution in [0, 0.1) is 0 Å². The van der Waals surface area contributed by atoms with E-state index in [1.165, 1.54) is 5.69 Å². The van der Waals surface area contributed by atoms with Gasteiger partial charge in [0.1, 0.15) is 0 Å². The van der Waals surface area contributed by atoms with E-state index in [9.17, 15) is 9.59 Å². The lowest BCUT2D eigenvalue weighted by atomic mass is 10.1. The quantitative estimate of drug-likeness (QED) is 0.653. The van der Waals surface area contributed by atoms with Gasteiger partial charge in [-0.05, 0) is 36.1 Å². The monoisotopic (exact) mass is 399 g/mol. The topological polar surface area (TPSA) is 43.9 Å². The number of anilines is 2. The second kappa shape index (κ2) is 7.82. The first-order valence-electron chi connectivity index (χ1n) is 10.6. The molecule has 152 valence electrons. The summed E-state index contributed by atoms with van der Waals surface area (Å²) in [4.78, 5) is 31.7. The van der Waals surface area contributed by atoms with Gasteiger partial charge in [0.2, 0.25) is 5.91 Å². The number of rotatable bonds is 5. The molecule has 1 saturated heterocycles. The van der Waals surface area contributed by atoms with E-state index in [0.717, 1.165) is 48.2 Å². The Bertz CT molecular complexity index is 1080. The Hall–Kier alpha value is -3.34. The average Bonchev–Trinajstić information content (AvgIpc) is 3.08. The van der Waals surface area contributed by atoms with Gasteiger partial charge in [0.05, 0.1) is 5.69 Å². The molecule has 0 atom stereocenters. The molecule has 0 aliphatic carbocycles. The number of nitrogens with zero attached hydrogens (tertiary/aromatic N) is 3. The van der Waals surface area contributed by atoms with E-state index in [4.69, 9.17) is 0 Å². The van der Waals surface area contributed by atoms with Crippen molar-refractivity contribution in [3.05, 3.63) is 72.3 Å². The van der Waals surface area contributed by atoms with Gasteiger partial charge in [-0.25, -0.2) is 0 Å². The van der Waals surface area contributed by atoms with Crippen molar-refractivity contribution in [2.45, 2.75) is 12.8 Å². The Balaban J connectivity index is 1.16. The van der Waals surface area contributed by atoms with E-state index in [1.807, 2.05) is 64.4 Å². The predicted octanol–water partition coefficient (Wildman–Crippen LogP) is 3.93. The van der Waals surface area contributed by atoms with Crippen LogP contribution >= 0.6 is 0 Å². The molecule has 0 spiro atoms. The molecule has 5 heteroatoms. The minimum absolute atomic E-state index is 0.0470. The van der Waals surface area contributed by atoms with Crippen LogP contribution in [0.1, 0.15) is 23.2 Å². The summed E-state index contributed by atoms with van der Waals surface area (Å²) in [5, 5.41) is 2.13. The Morgan fingerprint density at radius 3 is 2.33 bits per heavy atom. The highest BCUT2D eigenvalue weighted by molar-refractivity contribution is 6.25. The third-order valence-corrected chi connectivity index (χ3v) is 6.18. The molecule has 2 aliphatic heterocycles. The van der Waals surface area contributed by atoms with Gasteiger partial charge in [-0.15, -0.1) is 0 Å². The predicted molar refractivity (Wildman–Crippen MR) is 120 cm³/mol. The SMILES string of the molecule is O=C(CCCN1C(=O)c2cccc3cccc1c23)N1CCN(c2ccccc2)CC1. The summed E-state index contributed by atoms with van der Waals surface area (Å²) in [6.45, 7) is 3.79. The molecule has 5 nitrogen and oxygen atoms in total. The summed E-state index contributed by atoms with van der Waals surface area (Å²) in [5.41, 5.74) is 2.95. The van der Waals surface area contributed by atoms with Crippen molar-refractivity contribution in [3.63, 3.8) is 0 Å². The third-order valence-electron chi connectivity index (χ3n) is 6.18. The first-order valence-corrected chi connectivity index (χ1v) is 10.6. The lowest BCUT2D eigenvalue weighted by molar-refractivity contribution is -0.131. The lowest BCUT2D eigenvalue weighted by Gasteiger charge is -2.36. The number of hydrogen-bond donors (Lipinski definition) is 0. The first-order chi connectivity index (χ1) is 14.7. The molecule has 1 fully saturated rings. The third kappa shape index (κ3) is 3.30. The van der Waals surface area contributed by atoms with Gasteiger partial charge in [-0.3, -0.25) is 9.59 Å². The van der Waals surface area contributed by atoms with Gasteiger partial charge >= 0.3 is 0 Å². The fourth-order valence-corrected chi connectivity index (χ4v) is 4.60. The number of piperazine rings is 1. The van der Waals surface area contributed by atoms with Gasteiger partial charge < -0.3 is 14.7 Å². The molecular weight excluding hydrogens is 374 g/mol. The fraction of sp³-hybridized carbons (Fsp3) is 0.280. The number of carbonyl (C=O) groups excluding carboxylic acids is 2. The molecular formula is C25H25N3O2. The molecule has 0 aromatic heterocycles. The van der Waals surface area contributed by atoms with Crippen LogP contribution in [0.15, 0.2) is 66.7 Å². The van der Waals surface area contributed by atoms with Crippen LogP contribution in [0.3, 0.4) is 0 Å². The molecule has 3 aromatic rings. The molecule has 0 bridgehead atoms. The van der Waals surface area contributed by atoms with E-state index in [1.54, 1.807) is 0 Å². The van der Waals surface area contributed by atoms with E-state index < -0.39 is 0 Å². The van der Waals surface area contributed by atoms with E-state index in [2.05, 4.69) is 17.0 Å². The highest BCUT2D eigenvalue weighted by atomic mass is 16.2. The molecule has 0 N–H and O–H groups in total. The summed E-state index contributed by atoms with van der Waals surface area (Å²) < 4.78 is 0. The highest BCUT2D eigenvalue weighted by Gasteiger charge is 2.29. The minimum Gasteiger partial charge on any atom is -0.368 e. The Kier molecular flexibility index (Phi) is 4.87. The van der Waals surface area contributed by atoms with Crippen molar-refractivity contribution < 1.29 is 9.59 Å². The summed E-state index contributed by atoms with van der Waals surface area (Å²) in [6.07, 6.45) is 1.15. The highest BCUT2D eigenvalue weighted by Crippen LogP contribution is 2.37. The lowest BCUT2D eigenvalue weighted by Crippen LogP contribution is -2.48. The number of benzene rings is 3. The fourth-order valence-electron chi connectivity index (χ4n) is 4.60. The smallest absolute Gasteiger partial charge is 0.258 e. The Labute approximate surface area is 176 Å². The van der Waals surface area contributed by atoms with E-state index in [-0.39, 0.29) is 11.8 Å². The van der Waals surface area contributed by atoms with E-state index in [0.29, 0.717) is 19.4 Å². The number of carbonyl (C=O) groups is 2. The second-order valence-corrected chi connectivity index (χ2v) is 7.94. The van der Waals surface area contributed by atoms with Crippen molar-refractivity contribution in [1.82, 2.24) is 4.90 Å². The van der Waals surface area contributed by atoms with Crippen LogP contribution in [0.25, 0.3) is 10.8 Å². The number of para-hydroxylation sites is 1. The first kappa shape index (κ1) is 18.7. The standard InChI is InChI=1S/C25H25N3O2/c29-23(27-17-15-26(16-18-27)20-9-2-1-3-10-20)13-6-14-28-22-12-5-8-19-7-4-11-21(24(19)22)25(28)30/h1-5,7-12H,6,13-18H2. The van der Waals surface area contributed by atoms with Crippen molar-refractivity contribution in [3.8, 4) is 0 Å². The molecule has 0 unspecified atom stereocenters. The molecule has 30 heavy (non-hydrogen) atoms. The van der Waals surface area contributed by atoms with Gasteiger partial charge in [0, 0.05) is 55.8 Å². The maximum absolute atomic E-state index is 12.9. The maximum atomic E-state index is 12.9. The van der Waals surface area contributed by atoms with E-state index >= 15 is 0 Å². The molecule has 5 rings (SSSR count). The molecule has 2 amide bonds. The minimum atomic E-state index is 0.0470. The molecule has 0 saturated carbocycles. The van der Waals surface area contributed by atoms with Crippen LogP contribution in [0.5, 0.6) is 0 Å². The summed E-state index contributed by atoms with van der Waals surface area (Å²) in [7, 11) is 0. The van der Waals surface area contributed by atoms with Crippen LogP contribution in [-0.4, -0.2) is 49.4 Å². The van der Waals surface area contributed by atoms with Crippen molar-refractivity contribution in [1.29, 1.82) is 0 Å². The zero-order valence-electron chi connectivity index (χ0n) is 17.0. The van der Waals surface area contributed by atoms with Crippen LogP contribution in [0.4, 0.5) is 11.4 Å². The molecule has 0 radical (unpaired) electrons. The van der Waals surface area contributed by atoms with Crippen molar-refractivity contribution in [2.75, 3.05) is 42.5 Å². The second-order valence-electron chi connectivity index (χ2n) is 7.94. The largest absolute Gasteiger partial charge is 0.368 e. The van der Waals surface area contributed by atoms with Gasteiger partial charge in [-0.1, -0.05) is 42.5 Å². The van der Waals surface area contributed by atoms with Crippen LogP contribution < -0.4 is 9.80 Å². The summed E-state index contributed by atoms with van der Waals surface area (Å²) in [5.74, 6) is 0.232. The van der Waals surface area contributed by atoms with Gasteiger partial charge in [0.15, 0.2) is 0 Å². The van der Waals surface area contributed by atoms with Crippen LogP contribution in [-0.2, 0) is 4.79 Å². The number of hydrogen-bond acceptors (Lipinski definition) is 3. The Morgan fingerprint density at radius 1 is 0.833 bits per heavy atom. The van der Waals surface area contributed by atoms with Gasteiger partial charge in [-0.2, -0.15) is 0 Å². The summed E-state index contributed by atoms with van der Waals surface area (Å²) >= 11 is 0. The molecule has 2 heterocycles. The normalized spacial score (nSPS) is 15.9. The van der Waals surface area contributed by atoms with Crippen molar-refractivity contribution in [2.24, 2.45) is 0 Å². The molecule has 3 aromatic carbocycles. The van der Waals surface area contributed by atoms with Gasteiger partial charge in [0.25, 0.3) is 5.91 Å².